The highest BCUT2D eigenvalue weighted by Crippen LogP contribution is 2.25. The van der Waals surface area contributed by atoms with E-state index >= 15 is 0 Å². The summed E-state index contributed by atoms with van der Waals surface area (Å²) >= 11 is 0. The molecule has 0 aromatic rings. The molecule has 7 N–H and O–H groups in total. The Bertz CT molecular complexity index is 433. The lowest BCUT2D eigenvalue weighted by atomic mass is 9.86. The average molecular weight is 335 g/mol. The van der Waals surface area contributed by atoms with Gasteiger partial charge in [-0.05, 0) is 12.5 Å². The minimum absolute atomic E-state index is 0.162. The van der Waals surface area contributed by atoms with Crippen LogP contribution in [-0.4, -0.2) is 99.4 Å². The second-order valence-corrected chi connectivity index (χ2v) is 5.97. The van der Waals surface area contributed by atoms with Gasteiger partial charge in [-0.25, -0.2) is 0 Å². The molecule has 1 aliphatic carbocycles. The molecule has 0 spiro atoms. The molecule has 1 aliphatic heterocycles. The number of hydrogen-bond acceptors (Lipinski definition) is 9. The van der Waals surface area contributed by atoms with Crippen molar-refractivity contribution in [1.82, 2.24) is 5.32 Å². The fraction of sp³-hybridized carbons (Fsp3) is 0.857. The summed E-state index contributed by atoms with van der Waals surface area (Å²) in [6, 6.07) is -1.60. The predicted octanol–water partition coefficient (Wildman–Crippen LogP) is -3.56. The van der Waals surface area contributed by atoms with Crippen LogP contribution in [0, 0.1) is 0 Å². The van der Waals surface area contributed by atoms with E-state index < -0.39 is 61.6 Å². The van der Waals surface area contributed by atoms with Crippen molar-refractivity contribution in [3.05, 3.63) is 11.6 Å². The molecular formula is C14H25NO8. The number of aliphatic hydroxyl groups excluding tert-OH is 6. The molecule has 1 fully saturated rings. The zero-order valence-corrected chi connectivity index (χ0v) is 13.0. The van der Waals surface area contributed by atoms with E-state index in [1.54, 1.807) is 6.92 Å². The average Bonchev–Trinajstić information content (AvgIpc) is 2.54. The first kappa shape index (κ1) is 18.7. The van der Waals surface area contributed by atoms with Crippen molar-refractivity contribution in [2.45, 2.75) is 61.9 Å². The Morgan fingerprint density at radius 2 is 1.74 bits per heavy atom. The molecule has 0 amide bonds. The summed E-state index contributed by atoms with van der Waals surface area (Å²) in [6.07, 6.45) is -6.83. The molecule has 9 nitrogen and oxygen atoms in total. The van der Waals surface area contributed by atoms with Crippen LogP contribution in [-0.2, 0) is 9.47 Å². The Labute approximate surface area is 133 Å². The van der Waals surface area contributed by atoms with Gasteiger partial charge < -0.3 is 45.4 Å². The molecule has 134 valence electrons. The largest absolute Gasteiger partial charge is 0.392 e. The molecule has 0 radical (unpaired) electrons. The van der Waals surface area contributed by atoms with Gasteiger partial charge >= 0.3 is 0 Å². The Kier molecular flexibility index (Phi) is 6.11. The third kappa shape index (κ3) is 3.58. The molecule has 4 unspecified atom stereocenters. The molecular weight excluding hydrogens is 310 g/mol. The summed E-state index contributed by atoms with van der Waals surface area (Å²) in [4.78, 5) is 0. The molecule has 0 bridgehead atoms. The van der Waals surface area contributed by atoms with E-state index in [0.29, 0.717) is 0 Å². The monoisotopic (exact) mass is 335 g/mol. The van der Waals surface area contributed by atoms with Crippen LogP contribution in [0.25, 0.3) is 0 Å². The first-order valence-corrected chi connectivity index (χ1v) is 7.47. The third-order valence-corrected chi connectivity index (χ3v) is 4.47. The van der Waals surface area contributed by atoms with Crippen LogP contribution >= 0.6 is 0 Å². The second kappa shape index (κ2) is 7.51. The van der Waals surface area contributed by atoms with Crippen LogP contribution in [0.4, 0.5) is 0 Å². The van der Waals surface area contributed by atoms with Gasteiger partial charge in [0.1, 0.15) is 30.5 Å². The van der Waals surface area contributed by atoms with E-state index in [0.717, 1.165) is 0 Å². The van der Waals surface area contributed by atoms with Crippen LogP contribution < -0.4 is 5.32 Å². The van der Waals surface area contributed by atoms with Gasteiger partial charge in [-0.3, -0.25) is 0 Å². The van der Waals surface area contributed by atoms with Crippen molar-refractivity contribution in [3.8, 4) is 0 Å². The fourth-order valence-electron chi connectivity index (χ4n) is 3.02. The molecule has 9 atom stereocenters. The van der Waals surface area contributed by atoms with Gasteiger partial charge in [0.25, 0.3) is 0 Å². The maximum Gasteiger partial charge on any atom is 0.186 e. The topological polar surface area (TPSA) is 152 Å². The summed E-state index contributed by atoms with van der Waals surface area (Å²) in [6.45, 7) is 1.19. The van der Waals surface area contributed by atoms with E-state index in [4.69, 9.17) is 9.47 Å². The second-order valence-electron chi connectivity index (χ2n) is 5.97. The highest BCUT2D eigenvalue weighted by Gasteiger charge is 2.45. The first-order valence-electron chi connectivity index (χ1n) is 7.47. The molecule has 1 saturated heterocycles. The molecule has 2 rings (SSSR count). The number of rotatable bonds is 4. The maximum atomic E-state index is 10.2. The normalized spacial score (nSPS) is 48.2. The van der Waals surface area contributed by atoms with Crippen LogP contribution in [0.2, 0.25) is 0 Å². The summed E-state index contributed by atoms with van der Waals surface area (Å²) in [5.74, 6) is 0. The van der Waals surface area contributed by atoms with E-state index in [1.165, 1.54) is 13.2 Å². The Hall–Kier alpha value is -0.620. The van der Waals surface area contributed by atoms with Gasteiger partial charge in [-0.15, -0.1) is 0 Å². The van der Waals surface area contributed by atoms with Crippen molar-refractivity contribution < 1.29 is 40.1 Å². The predicted molar refractivity (Wildman–Crippen MR) is 77.3 cm³/mol. The summed E-state index contributed by atoms with van der Waals surface area (Å²) < 4.78 is 10.4. The van der Waals surface area contributed by atoms with Gasteiger partial charge in [0, 0.05) is 7.11 Å². The first-order chi connectivity index (χ1) is 10.8. The van der Waals surface area contributed by atoms with Gasteiger partial charge in [0.2, 0.25) is 0 Å². The van der Waals surface area contributed by atoms with Crippen molar-refractivity contribution in [2.75, 3.05) is 13.7 Å². The molecule has 1 heterocycles. The summed E-state index contributed by atoms with van der Waals surface area (Å²) in [5.41, 5.74) is 0.162. The number of hydrogen-bond donors (Lipinski definition) is 7. The zero-order chi connectivity index (χ0) is 17.3. The number of methoxy groups -OCH3 is 1. The maximum absolute atomic E-state index is 10.2. The molecule has 2 aliphatic rings. The lowest BCUT2D eigenvalue weighted by Crippen LogP contribution is -2.66. The summed E-state index contributed by atoms with van der Waals surface area (Å²) in [5, 5.41) is 62.0. The SMILES string of the molecule is CO[C@@H]1O[C@H](C)C(NC2C=C(CO)[C@@H](O)C(O)[C@H]2O)[C@H](O)C1O. The fourth-order valence-corrected chi connectivity index (χ4v) is 3.02. The smallest absolute Gasteiger partial charge is 0.186 e. The zero-order valence-electron chi connectivity index (χ0n) is 13.0. The Morgan fingerprint density at radius 3 is 2.30 bits per heavy atom. The minimum Gasteiger partial charge on any atom is -0.392 e. The van der Waals surface area contributed by atoms with Crippen LogP contribution in [0.5, 0.6) is 0 Å². The molecule has 23 heavy (non-hydrogen) atoms. The lowest BCUT2D eigenvalue weighted by Gasteiger charge is -2.44. The number of ether oxygens (including phenoxy) is 2. The van der Waals surface area contributed by atoms with Gasteiger partial charge in [0.15, 0.2) is 6.29 Å². The van der Waals surface area contributed by atoms with E-state index in [1.807, 2.05) is 0 Å². The molecule has 0 saturated carbocycles. The van der Waals surface area contributed by atoms with E-state index in [-0.39, 0.29) is 5.57 Å². The Morgan fingerprint density at radius 1 is 1.09 bits per heavy atom. The highest BCUT2D eigenvalue weighted by atomic mass is 16.7. The van der Waals surface area contributed by atoms with Crippen LogP contribution in [0.15, 0.2) is 11.6 Å². The third-order valence-electron chi connectivity index (χ3n) is 4.47. The van der Waals surface area contributed by atoms with Gasteiger partial charge in [-0.1, -0.05) is 6.08 Å². The standard InChI is InChI=1S/C14H25NO8/c1-5-8(11(19)13(21)14(22-2)23-5)15-7-3-6(4-16)9(17)12(20)10(7)18/h3,5,7-21H,4H2,1-2H3/t5-,7?,8?,9-,10+,11+,12?,13?,14-/m1/s1. The Balaban J connectivity index is 2.15. The number of aliphatic hydroxyl groups is 6. The van der Waals surface area contributed by atoms with E-state index in [9.17, 15) is 30.6 Å². The van der Waals surface area contributed by atoms with Crippen LogP contribution in [0.3, 0.4) is 0 Å². The molecule has 0 aromatic heterocycles. The van der Waals surface area contributed by atoms with Crippen molar-refractivity contribution >= 4 is 0 Å². The van der Waals surface area contributed by atoms with Crippen molar-refractivity contribution in [2.24, 2.45) is 0 Å². The van der Waals surface area contributed by atoms with Gasteiger partial charge in [0.05, 0.1) is 24.8 Å². The summed E-state index contributed by atoms with van der Waals surface area (Å²) in [7, 11) is 1.35. The quantitative estimate of drug-likeness (QED) is 0.259. The molecule has 0 aromatic carbocycles. The van der Waals surface area contributed by atoms with Crippen LogP contribution in [0.1, 0.15) is 6.92 Å². The van der Waals surface area contributed by atoms with E-state index in [2.05, 4.69) is 5.32 Å². The van der Waals surface area contributed by atoms with Crippen molar-refractivity contribution in [3.63, 3.8) is 0 Å². The van der Waals surface area contributed by atoms with Gasteiger partial charge in [-0.2, -0.15) is 0 Å². The minimum atomic E-state index is -1.48. The number of nitrogens with one attached hydrogen (secondary N) is 1. The lowest BCUT2D eigenvalue weighted by molar-refractivity contribution is -0.265. The highest BCUT2D eigenvalue weighted by molar-refractivity contribution is 5.22. The van der Waals surface area contributed by atoms with Crippen molar-refractivity contribution in [1.29, 1.82) is 0 Å². The molecule has 9 heteroatoms.